The van der Waals surface area contributed by atoms with Crippen LogP contribution < -0.4 is 11.1 Å². The van der Waals surface area contributed by atoms with Gasteiger partial charge in [-0.15, -0.1) is 11.8 Å². The van der Waals surface area contributed by atoms with Gasteiger partial charge in [-0.2, -0.15) is 0 Å². The Morgan fingerprint density at radius 3 is 2.80 bits per heavy atom. The van der Waals surface area contributed by atoms with E-state index < -0.39 is 11.0 Å². The average Bonchev–Trinajstić information content (AvgIpc) is 2.39. The molecule has 1 rings (SSSR count). The highest BCUT2D eigenvalue weighted by molar-refractivity contribution is 7.99. The van der Waals surface area contributed by atoms with E-state index >= 15 is 0 Å². The number of carbonyl (C=O) groups excluding carboxylic acids is 1. The van der Waals surface area contributed by atoms with Gasteiger partial charge in [0.15, 0.2) is 0 Å². The van der Waals surface area contributed by atoms with Gasteiger partial charge in [-0.05, 0) is 37.1 Å². The molecule has 0 heterocycles. The lowest BCUT2D eigenvalue weighted by Crippen LogP contribution is -2.38. The number of non-ortho nitro benzene ring substituents is 1. The number of nitrogens with one attached hydrogen (secondary N) is 1. The summed E-state index contributed by atoms with van der Waals surface area (Å²) >= 11 is 1.59. The van der Waals surface area contributed by atoms with Crippen LogP contribution in [0.5, 0.6) is 0 Å². The Hall–Kier alpha value is -1.60. The zero-order valence-corrected chi connectivity index (χ0v) is 12.4. The lowest BCUT2D eigenvalue weighted by molar-refractivity contribution is -0.384. The van der Waals surface area contributed by atoms with Gasteiger partial charge < -0.3 is 11.1 Å². The maximum Gasteiger partial charge on any atom is 0.269 e. The van der Waals surface area contributed by atoms with E-state index in [1.54, 1.807) is 30.8 Å². The molecule has 1 aromatic carbocycles. The molecule has 0 unspecified atom stereocenters. The number of nitro benzene ring substituents is 1. The van der Waals surface area contributed by atoms with Gasteiger partial charge >= 0.3 is 0 Å². The third-order valence-corrected chi connectivity index (χ3v) is 3.66. The number of carbonyl (C=O) groups is 1. The molecule has 0 saturated carbocycles. The zero-order chi connectivity index (χ0) is 15.1. The summed E-state index contributed by atoms with van der Waals surface area (Å²) < 4.78 is 0. The first-order chi connectivity index (χ1) is 9.41. The molecule has 0 saturated heterocycles. The molecule has 20 heavy (non-hydrogen) atoms. The van der Waals surface area contributed by atoms with Crippen LogP contribution in [0.15, 0.2) is 18.2 Å². The van der Waals surface area contributed by atoms with E-state index in [2.05, 4.69) is 5.32 Å². The Balaban J connectivity index is 2.36. The summed E-state index contributed by atoms with van der Waals surface area (Å²) in [6, 6.07) is 4.39. The highest BCUT2D eigenvalue weighted by Crippen LogP contribution is 2.18. The first kappa shape index (κ1) is 16.5. The molecule has 0 spiro atoms. The van der Waals surface area contributed by atoms with Crippen LogP contribution in [0.2, 0.25) is 0 Å². The van der Waals surface area contributed by atoms with Gasteiger partial charge in [0.05, 0.1) is 16.8 Å². The van der Waals surface area contributed by atoms with Gasteiger partial charge in [0.25, 0.3) is 5.69 Å². The number of nitrogens with two attached hydrogens (primary N) is 1. The number of hydrogen-bond donors (Lipinski definition) is 2. The second kappa shape index (κ2) is 7.86. The quantitative estimate of drug-likeness (QED) is 0.345. The van der Waals surface area contributed by atoms with Gasteiger partial charge in [-0.1, -0.05) is 6.07 Å². The normalized spacial score (nSPS) is 11.9. The molecule has 110 valence electrons. The molecule has 0 aliphatic heterocycles. The second-order valence-corrected chi connectivity index (χ2v) is 5.61. The van der Waals surface area contributed by atoms with Crippen LogP contribution in [-0.2, 0) is 11.2 Å². The van der Waals surface area contributed by atoms with Crippen LogP contribution in [0.4, 0.5) is 5.69 Å². The van der Waals surface area contributed by atoms with Gasteiger partial charge in [-0.3, -0.25) is 14.9 Å². The fourth-order valence-corrected chi connectivity index (χ4v) is 2.36. The smallest absolute Gasteiger partial charge is 0.269 e. The number of aryl methyl sites for hydroxylation is 2. The molecule has 1 atom stereocenters. The van der Waals surface area contributed by atoms with Crippen molar-refractivity contribution in [3.05, 3.63) is 39.4 Å². The maximum absolute atomic E-state index is 11.2. The van der Waals surface area contributed by atoms with E-state index in [0.717, 1.165) is 23.3 Å². The SMILES string of the molecule is Cc1cc([N+](=O)[O-])ccc1CCSCNC(=O)[C@H](C)N. The fourth-order valence-electron chi connectivity index (χ4n) is 1.61. The Bertz CT molecular complexity index is 492. The number of rotatable bonds is 7. The number of benzene rings is 1. The Kier molecular flexibility index (Phi) is 6.47. The maximum atomic E-state index is 11.2. The van der Waals surface area contributed by atoms with Crippen molar-refractivity contribution in [2.45, 2.75) is 26.3 Å². The van der Waals surface area contributed by atoms with Crippen molar-refractivity contribution in [1.29, 1.82) is 0 Å². The third kappa shape index (κ3) is 5.18. The van der Waals surface area contributed by atoms with Crippen molar-refractivity contribution >= 4 is 23.4 Å². The number of nitro groups is 1. The lowest BCUT2D eigenvalue weighted by Gasteiger charge is -2.08. The predicted molar refractivity (Wildman–Crippen MR) is 80.7 cm³/mol. The summed E-state index contributed by atoms with van der Waals surface area (Å²) in [4.78, 5) is 21.5. The topological polar surface area (TPSA) is 98.3 Å². The molecule has 6 nitrogen and oxygen atoms in total. The average molecular weight is 297 g/mol. The van der Waals surface area contributed by atoms with Crippen molar-refractivity contribution in [2.24, 2.45) is 5.73 Å². The Morgan fingerprint density at radius 2 is 2.25 bits per heavy atom. The third-order valence-electron chi connectivity index (χ3n) is 2.81. The molecule has 1 aromatic rings. The van der Waals surface area contributed by atoms with Crippen molar-refractivity contribution in [3.8, 4) is 0 Å². The molecule has 1 amide bonds. The molecular weight excluding hydrogens is 278 g/mol. The number of nitrogens with zero attached hydrogens (tertiary/aromatic N) is 1. The minimum absolute atomic E-state index is 0.114. The van der Waals surface area contributed by atoms with E-state index in [0.29, 0.717) is 5.88 Å². The summed E-state index contributed by atoms with van der Waals surface area (Å²) in [6.45, 7) is 3.51. The highest BCUT2D eigenvalue weighted by atomic mass is 32.2. The number of thioether (sulfide) groups is 1. The van der Waals surface area contributed by atoms with E-state index in [1.807, 2.05) is 6.92 Å². The molecule has 0 fully saturated rings. The van der Waals surface area contributed by atoms with Crippen LogP contribution in [0, 0.1) is 17.0 Å². The molecule has 0 aliphatic carbocycles. The standard InChI is InChI=1S/C13H19N3O3S/c1-9-7-12(16(18)19)4-3-11(9)5-6-20-8-15-13(17)10(2)14/h3-4,7,10H,5-6,8,14H2,1-2H3,(H,15,17)/t10-/m0/s1. The summed E-state index contributed by atoms with van der Waals surface area (Å²) in [5.41, 5.74) is 7.54. The molecule has 7 heteroatoms. The summed E-state index contributed by atoms with van der Waals surface area (Å²) in [5, 5.41) is 13.4. The van der Waals surface area contributed by atoms with Crippen LogP contribution in [0.1, 0.15) is 18.1 Å². The highest BCUT2D eigenvalue weighted by Gasteiger charge is 2.08. The van der Waals surface area contributed by atoms with Crippen LogP contribution in [0.3, 0.4) is 0 Å². The first-order valence-corrected chi connectivity index (χ1v) is 7.42. The van der Waals surface area contributed by atoms with Crippen molar-refractivity contribution in [3.63, 3.8) is 0 Å². The molecule has 0 aromatic heterocycles. The minimum Gasteiger partial charge on any atom is -0.346 e. The Morgan fingerprint density at radius 1 is 1.55 bits per heavy atom. The zero-order valence-electron chi connectivity index (χ0n) is 11.6. The van der Waals surface area contributed by atoms with Crippen molar-refractivity contribution < 1.29 is 9.72 Å². The van der Waals surface area contributed by atoms with E-state index in [-0.39, 0.29) is 11.6 Å². The second-order valence-electron chi connectivity index (χ2n) is 4.50. The number of hydrogen-bond acceptors (Lipinski definition) is 5. The van der Waals surface area contributed by atoms with E-state index in [1.165, 1.54) is 6.07 Å². The van der Waals surface area contributed by atoms with Gasteiger partial charge in [0.1, 0.15) is 0 Å². The number of amides is 1. The minimum atomic E-state index is -0.493. The largest absolute Gasteiger partial charge is 0.346 e. The molecule has 0 bridgehead atoms. The van der Waals surface area contributed by atoms with E-state index in [9.17, 15) is 14.9 Å². The molecule has 0 aliphatic rings. The summed E-state index contributed by atoms with van der Waals surface area (Å²) in [6.07, 6.45) is 0.808. The summed E-state index contributed by atoms with van der Waals surface area (Å²) in [5.74, 6) is 1.19. The lowest BCUT2D eigenvalue weighted by atomic mass is 10.1. The molecule has 3 N–H and O–H groups in total. The van der Waals surface area contributed by atoms with Crippen molar-refractivity contribution in [1.82, 2.24) is 5.32 Å². The van der Waals surface area contributed by atoms with Crippen LogP contribution in [0.25, 0.3) is 0 Å². The monoisotopic (exact) mass is 297 g/mol. The van der Waals surface area contributed by atoms with Gasteiger partial charge in [0, 0.05) is 12.1 Å². The van der Waals surface area contributed by atoms with Gasteiger partial charge in [0.2, 0.25) is 5.91 Å². The Labute approximate surface area is 122 Å². The van der Waals surface area contributed by atoms with Gasteiger partial charge in [-0.25, -0.2) is 0 Å². The van der Waals surface area contributed by atoms with Crippen LogP contribution >= 0.6 is 11.8 Å². The van der Waals surface area contributed by atoms with Crippen molar-refractivity contribution in [2.75, 3.05) is 11.6 Å². The molecule has 0 radical (unpaired) electrons. The molecular formula is C13H19N3O3S. The first-order valence-electron chi connectivity index (χ1n) is 6.26. The fraction of sp³-hybridized carbons (Fsp3) is 0.462. The summed E-state index contributed by atoms with van der Waals surface area (Å²) in [7, 11) is 0. The van der Waals surface area contributed by atoms with Crippen LogP contribution in [-0.4, -0.2) is 28.5 Å². The predicted octanol–water partition coefficient (Wildman–Crippen LogP) is 1.60. The van der Waals surface area contributed by atoms with E-state index in [4.69, 9.17) is 5.73 Å².